The Labute approximate surface area is 67.8 Å². The molecule has 0 aliphatic rings. The molecule has 12 heavy (non-hydrogen) atoms. The molecule has 0 spiro atoms. The van der Waals surface area contributed by atoms with E-state index in [0.717, 1.165) is 5.56 Å². The molecular weight excluding hydrogens is 158 g/mol. The van der Waals surface area contributed by atoms with Gasteiger partial charge in [0, 0.05) is 6.20 Å². The highest BCUT2D eigenvalue weighted by Gasteiger charge is 2.06. The molecule has 2 rings (SSSR count). The van der Waals surface area contributed by atoms with E-state index < -0.39 is 0 Å². The van der Waals surface area contributed by atoms with E-state index in [0.29, 0.717) is 11.8 Å². The first kappa shape index (κ1) is 6.99. The van der Waals surface area contributed by atoms with Crippen molar-refractivity contribution < 1.29 is 4.42 Å². The molecular formula is C6H7N5O. The first-order valence-corrected chi connectivity index (χ1v) is 3.42. The molecule has 6 heteroatoms. The maximum absolute atomic E-state index is 5.30. The van der Waals surface area contributed by atoms with Crippen LogP contribution in [0.3, 0.4) is 0 Å². The topological polar surface area (TPSA) is 93.6 Å². The van der Waals surface area contributed by atoms with E-state index in [2.05, 4.69) is 20.4 Å². The Morgan fingerprint density at radius 1 is 1.50 bits per heavy atom. The zero-order valence-electron chi connectivity index (χ0n) is 6.19. The summed E-state index contributed by atoms with van der Waals surface area (Å²) in [5.74, 6) is 0.857. The Hall–Kier alpha value is -1.69. The van der Waals surface area contributed by atoms with Gasteiger partial charge in [-0.2, -0.15) is 5.10 Å². The highest BCUT2D eigenvalue weighted by molar-refractivity contribution is 5.48. The number of H-pyrrole nitrogens is 1. The lowest BCUT2D eigenvalue weighted by molar-refractivity contribution is 0.509. The second-order valence-electron chi connectivity index (χ2n) is 2.19. The van der Waals surface area contributed by atoms with Crippen LogP contribution >= 0.6 is 0 Å². The zero-order valence-corrected chi connectivity index (χ0v) is 6.19. The molecule has 3 N–H and O–H groups in total. The van der Waals surface area contributed by atoms with Crippen LogP contribution in [0.1, 0.15) is 5.89 Å². The van der Waals surface area contributed by atoms with Gasteiger partial charge < -0.3 is 10.2 Å². The van der Waals surface area contributed by atoms with Crippen LogP contribution in [0.15, 0.2) is 16.8 Å². The number of aromatic nitrogens is 4. The number of nitrogens with zero attached hydrogens (tertiary/aromatic N) is 3. The molecule has 0 unspecified atom stereocenters. The van der Waals surface area contributed by atoms with E-state index in [1.54, 1.807) is 12.4 Å². The number of aromatic amines is 1. The van der Waals surface area contributed by atoms with Crippen LogP contribution < -0.4 is 5.73 Å². The summed E-state index contributed by atoms with van der Waals surface area (Å²) in [7, 11) is 0. The Bertz CT molecular complexity index is 352. The van der Waals surface area contributed by atoms with Crippen LogP contribution in [-0.4, -0.2) is 20.4 Å². The third-order valence-corrected chi connectivity index (χ3v) is 1.39. The van der Waals surface area contributed by atoms with Gasteiger partial charge in [0.2, 0.25) is 5.89 Å². The lowest BCUT2D eigenvalue weighted by Gasteiger charge is -1.83. The SMILES string of the molecule is NCc1nnc(-c2cn[nH]c2)o1. The molecule has 62 valence electrons. The molecule has 2 heterocycles. The Morgan fingerprint density at radius 2 is 2.42 bits per heavy atom. The number of hydrogen-bond donors (Lipinski definition) is 2. The predicted molar refractivity (Wildman–Crippen MR) is 39.8 cm³/mol. The van der Waals surface area contributed by atoms with Crippen molar-refractivity contribution in [2.75, 3.05) is 0 Å². The standard InChI is InChI=1S/C6H7N5O/c7-1-5-10-11-6(12-5)4-2-8-9-3-4/h2-3H,1,7H2,(H,8,9). The van der Waals surface area contributed by atoms with Crippen LogP contribution in [0.2, 0.25) is 0 Å². The fourth-order valence-electron chi connectivity index (χ4n) is 0.821. The summed E-state index contributed by atoms with van der Waals surface area (Å²) in [5.41, 5.74) is 6.06. The van der Waals surface area contributed by atoms with Crippen LogP contribution in [0.25, 0.3) is 11.5 Å². The van der Waals surface area contributed by atoms with E-state index >= 15 is 0 Å². The van der Waals surface area contributed by atoms with Gasteiger partial charge in [-0.15, -0.1) is 10.2 Å². The molecule has 0 radical (unpaired) electrons. The molecule has 6 nitrogen and oxygen atoms in total. The van der Waals surface area contributed by atoms with Gasteiger partial charge in [0.15, 0.2) is 0 Å². The summed E-state index contributed by atoms with van der Waals surface area (Å²) in [6, 6.07) is 0. The maximum atomic E-state index is 5.30. The first-order chi connectivity index (χ1) is 5.90. The monoisotopic (exact) mass is 165 g/mol. The molecule has 0 aliphatic carbocycles. The minimum absolute atomic E-state index is 0.255. The van der Waals surface area contributed by atoms with Crippen molar-refractivity contribution >= 4 is 0 Å². The lowest BCUT2D eigenvalue weighted by atomic mass is 10.4. The average Bonchev–Trinajstić information content (AvgIpc) is 2.75. The number of rotatable bonds is 2. The molecule has 0 saturated carbocycles. The van der Waals surface area contributed by atoms with Crippen LogP contribution in [0, 0.1) is 0 Å². The van der Waals surface area contributed by atoms with Gasteiger partial charge >= 0.3 is 0 Å². The van der Waals surface area contributed by atoms with Gasteiger partial charge in [-0.05, 0) is 0 Å². The van der Waals surface area contributed by atoms with Gasteiger partial charge in [-0.3, -0.25) is 5.10 Å². The van der Waals surface area contributed by atoms with Crippen LogP contribution in [0.5, 0.6) is 0 Å². The molecule has 0 atom stereocenters. The van der Waals surface area contributed by atoms with Crippen molar-refractivity contribution in [1.29, 1.82) is 0 Å². The number of nitrogens with one attached hydrogen (secondary N) is 1. The fourth-order valence-corrected chi connectivity index (χ4v) is 0.821. The second-order valence-corrected chi connectivity index (χ2v) is 2.19. The van der Waals surface area contributed by atoms with Gasteiger partial charge in [0.25, 0.3) is 5.89 Å². The van der Waals surface area contributed by atoms with Gasteiger partial charge in [0.1, 0.15) is 0 Å². The van der Waals surface area contributed by atoms with Crippen molar-refractivity contribution in [2.24, 2.45) is 5.73 Å². The summed E-state index contributed by atoms with van der Waals surface area (Å²) in [4.78, 5) is 0. The third kappa shape index (κ3) is 1.08. The molecule has 0 bridgehead atoms. The fraction of sp³-hybridized carbons (Fsp3) is 0.167. The molecule has 0 saturated heterocycles. The Balaban J connectivity index is 2.35. The summed E-state index contributed by atoms with van der Waals surface area (Å²) in [5, 5.41) is 13.9. The number of hydrogen-bond acceptors (Lipinski definition) is 5. The van der Waals surface area contributed by atoms with E-state index in [-0.39, 0.29) is 6.54 Å². The van der Waals surface area contributed by atoms with Gasteiger partial charge in [-0.1, -0.05) is 0 Å². The summed E-state index contributed by atoms with van der Waals surface area (Å²) in [6.45, 7) is 0.255. The molecule has 2 aromatic heterocycles. The summed E-state index contributed by atoms with van der Waals surface area (Å²) in [6.07, 6.45) is 3.28. The van der Waals surface area contributed by atoms with Crippen molar-refractivity contribution in [3.05, 3.63) is 18.3 Å². The molecule has 0 amide bonds. The smallest absolute Gasteiger partial charge is 0.250 e. The first-order valence-electron chi connectivity index (χ1n) is 3.42. The van der Waals surface area contributed by atoms with Crippen molar-refractivity contribution in [2.45, 2.75) is 6.54 Å². The number of nitrogens with two attached hydrogens (primary N) is 1. The van der Waals surface area contributed by atoms with E-state index in [4.69, 9.17) is 10.2 Å². The maximum Gasteiger partial charge on any atom is 0.250 e. The van der Waals surface area contributed by atoms with Crippen LogP contribution in [0.4, 0.5) is 0 Å². The summed E-state index contributed by atoms with van der Waals surface area (Å²) < 4.78 is 5.17. The third-order valence-electron chi connectivity index (χ3n) is 1.39. The van der Waals surface area contributed by atoms with Crippen molar-refractivity contribution in [1.82, 2.24) is 20.4 Å². The zero-order chi connectivity index (χ0) is 8.39. The lowest BCUT2D eigenvalue weighted by Crippen LogP contribution is -1.95. The highest BCUT2D eigenvalue weighted by Crippen LogP contribution is 2.14. The predicted octanol–water partition coefficient (Wildman–Crippen LogP) is -0.0816. The Morgan fingerprint density at radius 3 is 3.00 bits per heavy atom. The molecule has 0 aliphatic heterocycles. The Kier molecular flexibility index (Phi) is 1.60. The summed E-state index contributed by atoms with van der Waals surface area (Å²) >= 11 is 0. The quantitative estimate of drug-likeness (QED) is 0.649. The average molecular weight is 165 g/mol. The van der Waals surface area contributed by atoms with Gasteiger partial charge in [0.05, 0.1) is 18.3 Å². The van der Waals surface area contributed by atoms with E-state index in [1.807, 2.05) is 0 Å². The minimum Gasteiger partial charge on any atom is -0.419 e. The highest BCUT2D eigenvalue weighted by atomic mass is 16.4. The normalized spacial score (nSPS) is 10.4. The molecule has 2 aromatic rings. The van der Waals surface area contributed by atoms with Gasteiger partial charge in [-0.25, -0.2) is 0 Å². The largest absolute Gasteiger partial charge is 0.419 e. The van der Waals surface area contributed by atoms with E-state index in [1.165, 1.54) is 0 Å². The van der Waals surface area contributed by atoms with Crippen molar-refractivity contribution in [3.8, 4) is 11.5 Å². The second kappa shape index (κ2) is 2.74. The van der Waals surface area contributed by atoms with E-state index in [9.17, 15) is 0 Å². The minimum atomic E-state index is 0.255. The van der Waals surface area contributed by atoms with Crippen LogP contribution in [-0.2, 0) is 6.54 Å². The van der Waals surface area contributed by atoms with Crippen molar-refractivity contribution in [3.63, 3.8) is 0 Å². The molecule has 0 aromatic carbocycles. The molecule has 0 fully saturated rings.